The summed E-state index contributed by atoms with van der Waals surface area (Å²) in [5, 5.41) is -0.214. The SMILES string of the molecule is CC(C)N1C(=O)S/C(=C/c2ccc(OCc3ccc(I)cc3)cc2)C1=O. The molecule has 1 saturated heterocycles. The Labute approximate surface area is 170 Å². The van der Waals surface area contributed by atoms with Crippen molar-refractivity contribution in [3.63, 3.8) is 0 Å². The smallest absolute Gasteiger partial charge is 0.293 e. The van der Waals surface area contributed by atoms with Crippen molar-refractivity contribution in [3.05, 3.63) is 68.1 Å². The predicted molar refractivity (Wildman–Crippen MR) is 113 cm³/mol. The molecule has 6 heteroatoms. The number of rotatable bonds is 5. The van der Waals surface area contributed by atoms with E-state index < -0.39 is 0 Å². The van der Waals surface area contributed by atoms with Gasteiger partial charge in [-0.05, 0) is 89.7 Å². The highest BCUT2D eigenvalue weighted by atomic mass is 127. The number of carbonyl (C=O) groups is 2. The van der Waals surface area contributed by atoms with Gasteiger partial charge in [-0.1, -0.05) is 24.3 Å². The Balaban J connectivity index is 1.65. The normalized spacial score (nSPS) is 16.0. The fraction of sp³-hybridized carbons (Fsp3) is 0.200. The van der Waals surface area contributed by atoms with Gasteiger partial charge in [0.2, 0.25) is 0 Å². The molecule has 2 aromatic rings. The highest BCUT2D eigenvalue weighted by Crippen LogP contribution is 2.33. The first-order valence-electron chi connectivity index (χ1n) is 8.18. The Hall–Kier alpha value is -1.80. The van der Waals surface area contributed by atoms with Crippen LogP contribution in [-0.4, -0.2) is 22.1 Å². The summed E-state index contributed by atoms with van der Waals surface area (Å²) >= 11 is 3.26. The van der Waals surface area contributed by atoms with Gasteiger partial charge in [-0.3, -0.25) is 14.5 Å². The van der Waals surface area contributed by atoms with Gasteiger partial charge in [0.1, 0.15) is 12.4 Å². The number of hydrogen-bond donors (Lipinski definition) is 0. The van der Waals surface area contributed by atoms with Gasteiger partial charge in [-0.15, -0.1) is 0 Å². The molecule has 4 nitrogen and oxygen atoms in total. The van der Waals surface area contributed by atoms with Gasteiger partial charge in [0.05, 0.1) is 4.91 Å². The first-order chi connectivity index (χ1) is 12.4. The molecule has 3 rings (SSSR count). The summed E-state index contributed by atoms with van der Waals surface area (Å²) in [5.41, 5.74) is 1.97. The summed E-state index contributed by atoms with van der Waals surface area (Å²) in [6, 6.07) is 15.5. The van der Waals surface area contributed by atoms with Gasteiger partial charge < -0.3 is 4.74 Å². The van der Waals surface area contributed by atoms with E-state index in [9.17, 15) is 9.59 Å². The number of amides is 2. The molecule has 0 spiro atoms. The predicted octanol–water partition coefficient (Wildman–Crippen LogP) is 5.31. The lowest BCUT2D eigenvalue weighted by molar-refractivity contribution is -0.123. The molecule has 2 aromatic carbocycles. The molecular weight excluding hydrogens is 461 g/mol. The minimum atomic E-state index is -0.228. The molecule has 134 valence electrons. The molecule has 0 atom stereocenters. The zero-order valence-electron chi connectivity index (χ0n) is 14.4. The molecule has 1 fully saturated rings. The van der Waals surface area contributed by atoms with Crippen LogP contribution in [0.5, 0.6) is 5.75 Å². The Morgan fingerprint density at radius 2 is 1.73 bits per heavy atom. The highest BCUT2D eigenvalue weighted by molar-refractivity contribution is 14.1. The average molecular weight is 479 g/mol. The first kappa shape index (κ1) is 19.0. The number of halogens is 1. The second kappa shape index (κ2) is 8.26. The number of benzene rings is 2. The molecule has 0 bridgehead atoms. The molecule has 1 aliphatic heterocycles. The van der Waals surface area contributed by atoms with Crippen LogP contribution in [0, 0.1) is 3.57 Å². The van der Waals surface area contributed by atoms with Crippen LogP contribution < -0.4 is 4.74 Å². The van der Waals surface area contributed by atoms with Gasteiger partial charge in [-0.2, -0.15) is 0 Å². The van der Waals surface area contributed by atoms with Crippen molar-refractivity contribution in [2.24, 2.45) is 0 Å². The fourth-order valence-corrected chi connectivity index (χ4v) is 3.80. The maximum atomic E-state index is 12.3. The zero-order chi connectivity index (χ0) is 18.7. The average Bonchev–Trinajstić information content (AvgIpc) is 2.89. The van der Waals surface area contributed by atoms with Crippen molar-refractivity contribution in [2.45, 2.75) is 26.5 Å². The maximum Gasteiger partial charge on any atom is 0.293 e. The van der Waals surface area contributed by atoms with Crippen LogP contribution in [0.15, 0.2) is 53.4 Å². The van der Waals surface area contributed by atoms with Crippen LogP contribution in [0.3, 0.4) is 0 Å². The third-order valence-electron chi connectivity index (χ3n) is 3.84. The summed E-state index contributed by atoms with van der Waals surface area (Å²) in [5.74, 6) is 0.532. The highest BCUT2D eigenvalue weighted by Gasteiger charge is 2.36. The summed E-state index contributed by atoms with van der Waals surface area (Å²) in [6.07, 6.45) is 1.75. The Bertz CT molecular complexity index is 844. The van der Waals surface area contributed by atoms with Gasteiger partial charge in [0.25, 0.3) is 11.1 Å². The van der Waals surface area contributed by atoms with E-state index in [0.717, 1.165) is 28.6 Å². The van der Waals surface area contributed by atoms with Crippen LogP contribution in [0.25, 0.3) is 6.08 Å². The Kier molecular flexibility index (Phi) is 6.03. The second-order valence-electron chi connectivity index (χ2n) is 6.13. The second-order valence-corrected chi connectivity index (χ2v) is 8.37. The van der Waals surface area contributed by atoms with Crippen molar-refractivity contribution >= 4 is 51.6 Å². The maximum absolute atomic E-state index is 12.3. The molecule has 0 saturated carbocycles. The number of carbonyl (C=O) groups excluding carboxylic acids is 2. The number of thioether (sulfide) groups is 1. The van der Waals surface area contributed by atoms with Gasteiger partial charge in [-0.25, -0.2) is 0 Å². The number of ether oxygens (including phenoxy) is 1. The monoisotopic (exact) mass is 479 g/mol. The van der Waals surface area contributed by atoms with Crippen molar-refractivity contribution in [1.82, 2.24) is 4.90 Å². The summed E-state index contributed by atoms with van der Waals surface area (Å²) < 4.78 is 6.98. The van der Waals surface area contributed by atoms with E-state index >= 15 is 0 Å². The summed E-state index contributed by atoms with van der Waals surface area (Å²) in [4.78, 5) is 26.0. The topological polar surface area (TPSA) is 46.6 Å². The molecule has 0 N–H and O–H groups in total. The molecule has 0 aromatic heterocycles. The molecule has 2 amide bonds. The van der Waals surface area contributed by atoms with Crippen LogP contribution in [0.2, 0.25) is 0 Å². The molecule has 0 unspecified atom stereocenters. The van der Waals surface area contributed by atoms with Crippen molar-refractivity contribution in [2.75, 3.05) is 0 Å². The largest absolute Gasteiger partial charge is 0.489 e. The summed E-state index contributed by atoms with van der Waals surface area (Å²) in [6.45, 7) is 4.17. The Morgan fingerprint density at radius 1 is 1.08 bits per heavy atom. The third kappa shape index (κ3) is 4.48. The van der Waals surface area contributed by atoms with Crippen molar-refractivity contribution in [1.29, 1.82) is 0 Å². The van der Waals surface area contributed by atoms with E-state index in [1.54, 1.807) is 6.08 Å². The van der Waals surface area contributed by atoms with Crippen LogP contribution in [0.4, 0.5) is 4.79 Å². The van der Waals surface area contributed by atoms with Gasteiger partial charge in [0.15, 0.2) is 0 Å². The molecule has 1 heterocycles. The standard InChI is InChI=1S/C20H18INO3S/c1-13(2)22-19(23)18(26-20(22)24)11-14-5-9-17(10-6-14)25-12-15-3-7-16(21)8-4-15/h3-11,13H,12H2,1-2H3/b18-11+. The minimum absolute atomic E-state index is 0.134. The number of hydrogen-bond acceptors (Lipinski definition) is 4. The molecule has 0 radical (unpaired) electrons. The van der Waals surface area contributed by atoms with E-state index in [1.165, 1.54) is 8.47 Å². The lowest BCUT2D eigenvalue weighted by Gasteiger charge is -2.16. The van der Waals surface area contributed by atoms with E-state index in [0.29, 0.717) is 11.5 Å². The van der Waals surface area contributed by atoms with Gasteiger partial charge >= 0.3 is 0 Å². The number of nitrogens with zero attached hydrogens (tertiary/aromatic N) is 1. The van der Waals surface area contributed by atoms with E-state index in [4.69, 9.17) is 4.74 Å². The number of imide groups is 1. The molecule has 1 aliphatic rings. The first-order valence-corrected chi connectivity index (χ1v) is 10.1. The molecular formula is C20H18INO3S. The lowest BCUT2D eigenvalue weighted by Crippen LogP contribution is -2.34. The van der Waals surface area contributed by atoms with E-state index in [2.05, 4.69) is 22.6 Å². The van der Waals surface area contributed by atoms with E-state index in [-0.39, 0.29) is 17.2 Å². The van der Waals surface area contributed by atoms with Gasteiger partial charge in [0, 0.05) is 9.61 Å². The third-order valence-corrected chi connectivity index (χ3v) is 5.44. The van der Waals surface area contributed by atoms with Crippen molar-refractivity contribution < 1.29 is 14.3 Å². The minimum Gasteiger partial charge on any atom is -0.489 e. The fourth-order valence-electron chi connectivity index (χ4n) is 2.48. The van der Waals surface area contributed by atoms with Crippen LogP contribution >= 0.6 is 34.4 Å². The molecule has 0 aliphatic carbocycles. The van der Waals surface area contributed by atoms with Crippen LogP contribution in [-0.2, 0) is 11.4 Å². The van der Waals surface area contributed by atoms with Crippen molar-refractivity contribution in [3.8, 4) is 5.75 Å². The quantitative estimate of drug-likeness (QED) is 0.431. The van der Waals surface area contributed by atoms with Crippen LogP contribution in [0.1, 0.15) is 25.0 Å². The molecule has 26 heavy (non-hydrogen) atoms. The lowest BCUT2D eigenvalue weighted by atomic mass is 10.2. The summed E-state index contributed by atoms with van der Waals surface area (Å²) in [7, 11) is 0. The van der Waals surface area contributed by atoms with E-state index in [1.807, 2.05) is 62.4 Å². The Morgan fingerprint density at radius 3 is 2.31 bits per heavy atom. The zero-order valence-corrected chi connectivity index (χ0v) is 17.4.